The van der Waals surface area contributed by atoms with Gasteiger partial charge in [0, 0.05) is 11.6 Å². The highest BCUT2D eigenvalue weighted by molar-refractivity contribution is 6.07. The summed E-state index contributed by atoms with van der Waals surface area (Å²) in [5, 5.41) is 29.9. The Morgan fingerprint density at radius 2 is 2.00 bits per heavy atom. The first-order valence-electron chi connectivity index (χ1n) is 6.49. The van der Waals surface area contributed by atoms with Gasteiger partial charge < -0.3 is 14.9 Å². The van der Waals surface area contributed by atoms with E-state index in [1.165, 1.54) is 49.6 Å². The van der Waals surface area contributed by atoms with E-state index in [0.29, 0.717) is 5.56 Å². The lowest BCUT2D eigenvalue weighted by Gasteiger charge is -2.05. The predicted molar refractivity (Wildman–Crippen MR) is 82.8 cm³/mol. The summed E-state index contributed by atoms with van der Waals surface area (Å²) in [6.07, 6.45) is 2.58. The molecule has 2 rings (SSSR count). The highest BCUT2D eigenvalue weighted by Crippen LogP contribution is 2.37. The summed E-state index contributed by atoms with van der Waals surface area (Å²) in [5.41, 5.74) is 0.0788. The van der Waals surface area contributed by atoms with Gasteiger partial charge in [-0.3, -0.25) is 14.9 Å². The molecule has 0 aliphatic rings. The van der Waals surface area contributed by atoms with E-state index < -0.39 is 16.4 Å². The van der Waals surface area contributed by atoms with Crippen LogP contribution >= 0.6 is 0 Å². The van der Waals surface area contributed by atoms with E-state index in [1.54, 1.807) is 0 Å². The smallest absolute Gasteiger partial charge is 0.315 e. The minimum Gasteiger partial charge on any atom is -0.508 e. The number of allylic oxidation sites excluding steroid dienone is 1. The van der Waals surface area contributed by atoms with Crippen molar-refractivity contribution in [1.82, 2.24) is 0 Å². The molecule has 0 amide bonds. The zero-order valence-electron chi connectivity index (χ0n) is 12.1. The van der Waals surface area contributed by atoms with Gasteiger partial charge in [-0.1, -0.05) is 18.2 Å². The van der Waals surface area contributed by atoms with Gasteiger partial charge in [0.05, 0.1) is 12.0 Å². The zero-order chi connectivity index (χ0) is 17.0. The number of hydrogen-bond acceptors (Lipinski definition) is 6. The summed E-state index contributed by atoms with van der Waals surface area (Å²) in [4.78, 5) is 22.2. The topological polar surface area (TPSA) is 110 Å². The molecule has 0 saturated heterocycles. The third kappa shape index (κ3) is 3.65. The van der Waals surface area contributed by atoms with Gasteiger partial charge in [-0.05, 0) is 29.8 Å². The van der Waals surface area contributed by atoms with Gasteiger partial charge in [-0.25, -0.2) is 0 Å². The van der Waals surface area contributed by atoms with E-state index >= 15 is 0 Å². The van der Waals surface area contributed by atoms with Gasteiger partial charge in [0.2, 0.25) is 5.75 Å². The Labute approximate surface area is 131 Å². The second-order valence-corrected chi connectivity index (χ2v) is 4.60. The number of ketones is 1. The summed E-state index contributed by atoms with van der Waals surface area (Å²) < 4.78 is 4.88. The molecule has 0 bridgehead atoms. The van der Waals surface area contributed by atoms with Gasteiger partial charge in [0.1, 0.15) is 5.75 Å². The van der Waals surface area contributed by atoms with Crippen LogP contribution in [0.25, 0.3) is 6.08 Å². The van der Waals surface area contributed by atoms with Crippen molar-refractivity contribution in [1.29, 1.82) is 0 Å². The third-order valence-electron chi connectivity index (χ3n) is 3.05. The molecule has 0 radical (unpaired) electrons. The number of nitro benzene ring substituents is 1. The number of carbonyl (C=O) groups excluding carboxylic acids is 1. The minimum absolute atomic E-state index is 0.0359. The molecule has 118 valence electrons. The van der Waals surface area contributed by atoms with E-state index in [1.807, 2.05) is 0 Å². The molecule has 0 atom stereocenters. The molecule has 2 N–H and O–H groups in total. The van der Waals surface area contributed by atoms with Gasteiger partial charge in [-0.15, -0.1) is 0 Å². The molecule has 0 aliphatic carbocycles. The maximum Gasteiger partial charge on any atom is 0.315 e. The zero-order valence-corrected chi connectivity index (χ0v) is 12.1. The van der Waals surface area contributed by atoms with Crippen molar-refractivity contribution >= 4 is 17.5 Å². The molecule has 0 fully saturated rings. The molecule has 0 aliphatic heterocycles. The average Bonchev–Trinajstić information content (AvgIpc) is 2.53. The maximum absolute atomic E-state index is 12.0. The first-order valence-corrected chi connectivity index (χ1v) is 6.49. The lowest BCUT2D eigenvalue weighted by atomic mass is 10.1. The first-order chi connectivity index (χ1) is 10.9. The van der Waals surface area contributed by atoms with Crippen LogP contribution in [0.2, 0.25) is 0 Å². The van der Waals surface area contributed by atoms with Crippen LogP contribution < -0.4 is 4.74 Å². The second-order valence-electron chi connectivity index (χ2n) is 4.60. The fourth-order valence-corrected chi connectivity index (χ4v) is 1.93. The molecular formula is C16H13NO6. The predicted octanol–water partition coefficient (Wildman–Crippen LogP) is 2.91. The molecule has 0 heterocycles. The van der Waals surface area contributed by atoms with E-state index in [0.717, 1.165) is 6.07 Å². The van der Waals surface area contributed by atoms with Gasteiger partial charge in [-0.2, -0.15) is 0 Å². The molecule has 0 spiro atoms. The van der Waals surface area contributed by atoms with Crippen LogP contribution in [-0.2, 0) is 0 Å². The molecule has 2 aromatic carbocycles. The monoisotopic (exact) mass is 315 g/mol. The van der Waals surface area contributed by atoms with Crippen molar-refractivity contribution in [3.05, 3.63) is 63.7 Å². The van der Waals surface area contributed by atoms with Crippen molar-refractivity contribution in [3.8, 4) is 17.2 Å². The number of benzene rings is 2. The summed E-state index contributed by atoms with van der Waals surface area (Å²) in [6, 6.07) is 8.32. The standard InChI is InChI=1S/C16H13NO6/c1-23-15-8-10(7-13(16(15)20)17(21)22)5-6-14(19)11-3-2-4-12(18)9-11/h2-9,18,20H,1H3. The van der Waals surface area contributed by atoms with E-state index in [9.17, 15) is 25.1 Å². The maximum atomic E-state index is 12.0. The normalized spacial score (nSPS) is 10.7. The fourth-order valence-electron chi connectivity index (χ4n) is 1.93. The summed E-state index contributed by atoms with van der Waals surface area (Å²) in [6.45, 7) is 0. The molecular weight excluding hydrogens is 302 g/mol. The first kappa shape index (κ1) is 16.0. The number of nitro groups is 1. The van der Waals surface area contributed by atoms with Crippen LogP contribution in [0.5, 0.6) is 17.2 Å². The highest BCUT2D eigenvalue weighted by atomic mass is 16.6. The van der Waals surface area contributed by atoms with Crippen LogP contribution in [-0.4, -0.2) is 28.0 Å². The van der Waals surface area contributed by atoms with Crippen LogP contribution in [0, 0.1) is 10.1 Å². The molecule has 7 heteroatoms. The second kappa shape index (κ2) is 6.61. The molecule has 23 heavy (non-hydrogen) atoms. The Balaban J connectivity index is 2.34. The minimum atomic E-state index is -0.744. The summed E-state index contributed by atoms with van der Waals surface area (Å²) in [5.74, 6) is -1.06. The fraction of sp³-hybridized carbons (Fsp3) is 0.0625. The number of phenolic OH excluding ortho intramolecular Hbond substituents is 2. The molecule has 0 saturated carbocycles. The molecule has 0 aromatic heterocycles. The van der Waals surface area contributed by atoms with E-state index in [2.05, 4.69) is 0 Å². The van der Waals surface area contributed by atoms with Gasteiger partial charge in [0.25, 0.3) is 0 Å². The largest absolute Gasteiger partial charge is 0.508 e. The van der Waals surface area contributed by atoms with Crippen molar-refractivity contribution < 1.29 is 24.7 Å². The SMILES string of the molecule is COc1cc(C=CC(=O)c2cccc(O)c2)cc([N+](=O)[O-])c1O. The van der Waals surface area contributed by atoms with Crippen LogP contribution in [0.4, 0.5) is 5.69 Å². The lowest BCUT2D eigenvalue weighted by molar-refractivity contribution is -0.386. The Hall–Kier alpha value is -3.35. The third-order valence-corrected chi connectivity index (χ3v) is 3.05. The number of hydrogen-bond donors (Lipinski definition) is 2. The number of rotatable bonds is 5. The van der Waals surface area contributed by atoms with Crippen molar-refractivity contribution in [2.75, 3.05) is 7.11 Å². The molecule has 7 nitrogen and oxygen atoms in total. The van der Waals surface area contributed by atoms with E-state index in [-0.39, 0.29) is 22.8 Å². The Bertz CT molecular complexity index is 797. The van der Waals surface area contributed by atoms with Gasteiger partial charge >= 0.3 is 5.69 Å². The van der Waals surface area contributed by atoms with Crippen LogP contribution in [0.3, 0.4) is 0 Å². The molecule has 2 aromatic rings. The quantitative estimate of drug-likeness (QED) is 0.380. The number of carbonyl (C=O) groups is 1. The van der Waals surface area contributed by atoms with Crippen molar-refractivity contribution in [3.63, 3.8) is 0 Å². The van der Waals surface area contributed by atoms with Crippen LogP contribution in [0.1, 0.15) is 15.9 Å². The molecule has 0 unspecified atom stereocenters. The average molecular weight is 315 g/mol. The number of phenols is 2. The van der Waals surface area contributed by atoms with Crippen molar-refractivity contribution in [2.24, 2.45) is 0 Å². The van der Waals surface area contributed by atoms with E-state index in [4.69, 9.17) is 4.74 Å². The number of nitrogens with zero attached hydrogens (tertiary/aromatic N) is 1. The Morgan fingerprint density at radius 3 is 2.61 bits per heavy atom. The lowest BCUT2D eigenvalue weighted by Crippen LogP contribution is -1.95. The summed E-state index contributed by atoms with van der Waals surface area (Å²) >= 11 is 0. The Kier molecular flexibility index (Phi) is 4.61. The summed E-state index contributed by atoms with van der Waals surface area (Å²) in [7, 11) is 1.27. The number of methoxy groups -OCH3 is 1. The van der Waals surface area contributed by atoms with Crippen molar-refractivity contribution in [2.45, 2.75) is 0 Å². The number of ether oxygens (including phenoxy) is 1. The van der Waals surface area contributed by atoms with Crippen LogP contribution in [0.15, 0.2) is 42.5 Å². The Morgan fingerprint density at radius 1 is 1.26 bits per heavy atom. The van der Waals surface area contributed by atoms with Gasteiger partial charge in [0.15, 0.2) is 11.5 Å². The number of aromatic hydroxyl groups is 2. The highest BCUT2D eigenvalue weighted by Gasteiger charge is 2.19.